The Bertz CT molecular complexity index is 989. The van der Waals surface area contributed by atoms with E-state index in [9.17, 15) is 0 Å². The van der Waals surface area contributed by atoms with E-state index >= 15 is 0 Å². The van der Waals surface area contributed by atoms with Crippen LogP contribution in [0, 0.1) is 25.7 Å². The Balaban J connectivity index is 1.77. The van der Waals surface area contributed by atoms with Gasteiger partial charge in [-0.2, -0.15) is 0 Å². The van der Waals surface area contributed by atoms with Crippen molar-refractivity contribution >= 4 is 5.57 Å². The van der Waals surface area contributed by atoms with E-state index in [1.54, 1.807) is 16.7 Å². The second kappa shape index (κ2) is 5.96. The average Bonchev–Trinajstić information content (AvgIpc) is 2.62. The highest BCUT2D eigenvalue weighted by atomic mass is 14.4. The topological polar surface area (TPSA) is 0 Å². The molecule has 0 bridgehead atoms. The van der Waals surface area contributed by atoms with Crippen molar-refractivity contribution < 1.29 is 0 Å². The standard InChI is InChI=1S/C27H30/c1-15-6-9-24-19(5)26-20(14-21(24)12-15)8-11-23-17(3)13-18(4)25(27(23)26)22-10-7-16(22)2/h6,9,12-14,16,22,24H,5,7-8,10-11H2,1-4H3. The molecule has 5 rings (SSSR count). The van der Waals surface area contributed by atoms with Crippen LogP contribution in [0.3, 0.4) is 0 Å². The molecule has 138 valence electrons. The van der Waals surface area contributed by atoms with Crippen molar-refractivity contribution in [3.05, 3.63) is 87.1 Å². The molecule has 4 aliphatic carbocycles. The maximum absolute atomic E-state index is 4.65. The van der Waals surface area contributed by atoms with Gasteiger partial charge in [-0.25, -0.2) is 0 Å². The second-order valence-electron chi connectivity index (χ2n) is 9.23. The zero-order valence-corrected chi connectivity index (χ0v) is 17.2. The van der Waals surface area contributed by atoms with E-state index in [4.69, 9.17) is 0 Å². The molecular formula is C27H30. The fourth-order valence-electron chi connectivity index (χ4n) is 5.85. The van der Waals surface area contributed by atoms with Gasteiger partial charge in [0.25, 0.3) is 0 Å². The van der Waals surface area contributed by atoms with Crippen molar-refractivity contribution in [3.63, 3.8) is 0 Å². The zero-order chi connectivity index (χ0) is 18.9. The van der Waals surface area contributed by atoms with Gasteiger partial charge in [0.1, 0.15) is 0 Å². The van der Waals surface area contributed by atoms with Gasteiger partial charge in [0.15, 0.2) is 0 Å². The summed E-state index contributed by atoms with van der Waals surface area (Å²) in [5.74, 6) is 1.89. The normalized spacial score (nSPS) is 28.7. The largest absolute Gasteiger partial charge is 0.0943 e. The van der Waals surface area contributed by atoms with E-state index < -0.39 is 0 Å². The Morgan fingerprint density at radius 3 is 2.52 bits per heavy atom. The van der Waals surface area contributed by atoms with E-state index in [0.717, 1.165) is 18.3 Å². The van der Waals surface area contributed by atoms with Gasteiger partial charge in [-0.3, -0.25) is 0 Å². The third-order valence-electron chi connectivity index (χ3n) is 7.45. The van der Waals surface area contributed by atoms with Crippen LogP contribution in [0.2, 0.25) is 0 Å². The molecule has 0 N–H and O–H groups in total. The summed E-state index contributed by atoms with van der Waals surface area (Å²) in [5.41, 5.74) is 14.9. The molecule has 3 atom stereocenters. The maximum Gasteiger partial charge on any atom is 0.0273 e. The van der Waals surface area contributed by atoms with Gasteiger partial charge in [-0.1, -0.05) is 49.4 Å². The van der Waals surface area contributed by atoms with Gasteiger partial charge < -0.3 is 0 Å². The van der Waals surface area contributed by atoms with Crippen molar-refractivity contribution in [2.45, 2.75) is 59.3 Å². The van der Waals surface area contributed by atoms with Gasteiger partial charge >= 0.3 is 0 Å². The number of benzene rings is 1. The highest BCUT2D eigenvalue weighted by Gasteiger charge is 2.37. The number of rotatable bonds is 1. The highest BCUT2D eigenvalue weighted by Crippen LogP contribution is 2.53. The van der Waals surface area contributed by atoms with Crippen molar-refractivity contribution in [2.24, 2.45) is 11.8 Å². The summed E-state index contributed by atoms with van der Waals surface area (Å²) in [6.45, 7) is 13.9. The van der Waals surface area contributed by atoms with E-state index in [2.05, 4.69) is 64.6 Å². The lowest BCUT2D eigenvalue weighted by Crippen LogP contribution is -2.26. The van der Waals surface area contributed by atoms with E-state index in [-0.39, 0.29) is 0 Å². The molecule has 0 aliphatic heterocycles. The van der Waals surface area contributed by atoms with Crippen LogP contribution in [0.25, 0.3) is 5.57 Å². The summed E-state index contributed by atoms with van der Waals surface area (Å²) < 4.78 is 0. The van der Waals surface area contributed by atoms with Crippen molar-refractivity contribution in [3.8, 4) is 0 Å². The maximum atomic E-state index is 4.65. The van der Waals surface area contributed by atoms with Crippen LogP contribution in [0.5, 0.6) is 0 Å². The predicted molar refractivity (Wildman–Crippen MR) is 116 cm³/mol. The molecule has 27 heavy (non-hydrogen) atoms. The molecule has 1 aromatic rings. The van der Waals surface area contributed by atoms with E-state index in [1.807, 2.05) is 0 Å². The van der Waals surface area contributed by atoms with Crippen LogP contribution < -0.4 is 0 Å². The van der Waals surface area contributed by atoms with E-state index in [0.29, 0.717) is 5.92 Å². The summed E-state index contributed by atoms with van der Waals surface area (Å²) in [6, 6.07) is 2.45. The zero-order valence-electron chi connectivity index (χ0n) is 17.2. The minimum Gasteiger partial charge on any atom is -0.0943 e. The smallest absolute Gasteiger partial charge is 0.0273 e. The first-order chi connectivity index (χ1) is 13.0. The fraction of sp³-hybridized carbons (Fsp3) is 0.407. The number of allylic oxidation sites excluding steroid dienone is 9. The molecule has 0 heterocycles. The fourth-order valence-corrected chi connectivity index (χ4v) is 5.85. The molecule has 4 aliphatic rings. The Hall–Kier alpha value is -2.08. The predicted octanol–water partition coefficient (Wildman–Crippen LogP) is 7.15. The van der Waals surface area contributed by atoms with Crippen molar-refractivity contribution in [1.82, 2.24) is 0 Å². The number of fused-ring (bicyclic) bond motifs is 3. The summed E-state index contributed by atoms with van der Waals surface area (Å²) in [5, 5.41) is 0. The molecule has 0 heteroatoms. The Kier molecular flexibility index (Phi) is 3.76. The first-order valence-electron chi connectivity index (χ1n) is 10.6. The number of hydrogen-bond donors (Lipinski definition) is 0. The minimum absolute atomic E-state index is 0.353. The Morgan fingerprint density at radius 2 is 1.81 bits per heavy atom. The summed E-state index contributed by atoms with van der Waals surface area (Å²) >= 11 is 0. The molecule has 3 unspecified atom stereocenters. The van der Waals surface area contributed by atoms with Gasteiger partial charge in [0, 0.05) is 5.92 Å². The van der Waals surface area contributed by atoms with Crippen LogP contribution in [0.4, 0.5) is 0 Å². The van der Waals surface area contributed by atoms with E-state index in [1.165, 1.54) is 58.3 Å². The molecule has 1 aromatic carbocycles. The lowest BCUT2D eigenvalue weighted by atomic mass is 9.63. The molecular weight excluding hydrogens is 324 g/mol. The number of hydrogen-bond acceptors (Lipinski definition) is 0. The van der Waals surface area contributed by atoms with Crippen molar-refractivity contribution in [1.29, 1.82) is 0 Å². The van der Waals surface area contributed by atoms with Crippen LogP contribution in [0.15, 0.2) is 59.2 Å². The summed E-state index contributed by atoms with van der Waals surface area (Å²) in [6.07, 6.45) is 14.5. The van der Waals surface area contributed by atoms with Crippen LogP contribution in [0.1, 0.15) is 66.8 Å². The lowest BCUT2D eigenvalue weighted by molar-refractivity contribution is 0.279. The summed E-state index contributed by atoms with van der Waals surface area (Å²) in [4.78, 5) is 0. The van der Waals surface area contributed by atoms with Crippen molar-refractivity contribution in [2.75, 3.05) is 0 Å². The van der Waals surface area contributed by atoms with Crippen LogP contribution in [-0.4, -0.2) is 0 Å². The first-order valence-corrected chi connectivity index (χ1v) is 10.6. The first kappa shape index (κ1) is 17.0. The molecule has 0 aromatic heterocycles. The van der Waals surface area contributed by atoms with Gasteiger partial charge in [0.2, 0.25) is 0 Å². The van der Waals surface area contributed by atoms with Gasteiger partial charge in [-0.05, 0) is 108 Å². The second-order valence-corrected chi connectivity index (χ2v) is 9.23. The van der Waals surface area contributed by atoms with Crippen LogP contribution >= 0.6 is 0 Å². The molecule has 0 saturated heterocycles. The molecule has 1 saturated carbocycles. The van der Waals surface area contributed by atoms with Crippen LogP contribution in [-0.2, 0) is 6.42 Å². The monoisotopic (exact) mass is 354 g/mol. The quantitative estimate of drug-likeness (QED) is 0.502. The van der Waals surface area contributed by atoms with Gasteiger partial charge in [0.05, 0.1) is 0 Å². The molecule has 0 nitrogen and oxygen atoms in total. The summed E-state index contributed by atoms with van der Waals surface area (Å²) in [7, 11) is 0. The Labute approximate surface area is 164 Å². The third-order valence-corrected chi connectivity index (χ3v) is 7.45. The van der Waals surface area contributed by atoms with Gasteiger partial charge in [-0.15, -0.1) is 0 Å². The molecule has 0 amide bonds. The molecule has 1 fully saturated rings. The average molecular weight is 355 g/mol. The Morgan fingerprint density at radius 1 is 1.00 bits per heavy atom. The SMILES string of the molecule is C=C1C2=C(C=C3C=C(C)C=CC13)CCc1c(C)cc(C)c(C3CCC3C)c12. The molecule has 0 radical (unpaired) electrons. The highest BCUT2D eigenvalue weighted by molar-refractivity contribution is 5.91. The third kappa shape index (κ3) is 2.42. The minimum atomic E-state index is 0.353. The lowest BCUT2D eigenvalue weighted by Gasteiger charge is -2.41. The number of aryl methyl sites for hydroxylation is 2. The molecule has 0 spiro atoms.